The standard InChI is InChI=1S/C27H49NO4/c1-6-7-8-9-10-11-12-13-14-15-16-17-18-19-20-21-24(29)32-28-26(2,3)22-23(25(30)31)27(28,4)5/h13-14,23H,6-12,15-22H2,1-5H3,(H,30,31)/b14-13-. The Balaban J connectivity index is 2.10. The molecule has 0 spiro atoms. The van der Waals surface area contributed by atoms with Crippen LogP contribution in [0.5, 0.6) is 0 Å². The van der Waals surface area contributed by atoms with Crippen LogP contribution in [0.3, 0.4) is 0 Å². The van der Waals surface area contributed by atoms with Gasteiger partial charge in [0.25, 0.3) is 0 Å². The zero-order valence-electron chi connectivity index (χ0n) is 21.5. The Bertz CT molecular complexity index is 582. The number of carbonyl (C=O) groups excluding carboxylic acids is 1. The van der Waals surface area contributed by atoms with Gasteiger partial charge in [0.15, 0.2) is 0 Å². The third-order valence-corrected chi connectivity index (χ3v) is 6.76. The molecule has 1 N–H and O–H groups in total. The van der Waals surface area contributed by atoms with E-state index in [-0.39, 0.29) is 5.97 Å². The number of carboxylic acid groups (broad SMARTS) is 1. The van der Waals surface area contributed by atoms with Gasteiger partial charge in [0.05, 0.1) is 17.0 Å². The second-order valence-electron chi connectivity index (χ2n) is 10.7. The molecule has 0 aromatic carbocycles. The highest BCUT2D eigenvalue weighted by atomic mass is 16.7. The lowest BCUT2D eigenvalue weighted by molar-refractivity contribution is -0.237. The van der Waals surface area contributed by atoms with Crippen molar-refractivity contribution in [1.29, 1.82) is 0 Å². The van der Waals surface area contributed by atoms with E-state index in [4.69, 9.17) is 4.84 Å². The quantitative estimate of drug-likeness (QED) is 0.184. The summed E-state index contributed by atoms with van der Waals surface area (Å²) in [7, 11) is 0. The Morgan fingerprint density at radius 3 is 1.88 bits per heavy atom. The number of hydrogen-bond donors (Lipinski definition) is 1. The Hall–Kier alpha value is -1.36. The van der Waals surface area contributed by atoms with Crippen LogP contribution in [-0.2, 0) is 14.4 Å². The first-order valence-electron chi connectivity index (χ1n) is 13.0. The fourth-order valence-corrected chi connectivity index (χ4v) is 4.87. The summed E-state index contributed by atoms with van der Waals surface area (Å²) in [6.07, 6.45) is 21.4. The molecular weight excluding hydrogens is 402 g/mol. The lowest BCUT2D eigenvalue weighted by Crippen LogP contribution is -2.51. The van der Waals surface area contributed by atoms with Crippen molar-refractivity contribution >= 4 is 11.9 Å². The smallest absolute Gasteiger partial charge is 0.325 e. The van der Waals surface area contributed by atoms with E-state index in [0.717, 1.165) is 25.7 Å². The van der Waals surface area contributed by atoms with Crippen LogP contribution in [-0.4, -0.2) is 33.2 Å². The first-order chi connectivity index (χ1) is 15.1. The van der Waals surface area contributed by atoms with Crippen LogP contribution in [0.15, 0.2) is 12.2 Å². The molecule has 1 saturated heterocycles. The number of unbranched alkanes of at least 4 members (excludes halogenated alkanes) is 11. The van der Waals surface area contributed by atoms with E-state index in [1.807, 2.05) is 27.7 Å². The maximum Gasteiger partial charge on any atom is 0.325 e. The van der Waals surface area contributed by atoms with E-state index in [2.05, 4.69) is 19.1 Å². The zero-order chi connectivity index (χ0) is 24.0. The van der Waals surface area contributed by atoms with Gasteiger partial charge < -0.3 is 9.94 Å². The predicted octanol–water partition coefficient (Wildman–Crippen LogP) is 7.45. The first-order valence-corrected chi connectivity index (χ1v) is 13.0. The van der Waals surface area contributed by atoms with Crippen molar-refractivity contribution in [2.75, 3.05) is 0 Å². The van der Waals surface area contributed by atoms with Gasteiger partial charge in [-0.1, -0.05) is 70.4 Å². The fraction of sp³-hybridized carbons (Fsp3) is 0.852. The minimum atomic E-state index is -0.834. The van der Waals surface area contributed by atoms with Crippen molar-refractivity contribution < 1.29 is 19.5 Å². The highest BCUT2D eigenvalue weighted by Crippen LogP contribution is 2.45. The number of hydroxylamine groups is 2. The van der Waals surface area contributed by atoms with Gasteiger partial charge in [0, 0.05) is 6.42 Å². The molecule has 0 amide bonds. The molecule has 1 atom stereocenters. The number of hydrogen-bond acceptors (Lipinski definition) is 4. The molecule has 32 heavy (non-hydrogen) atoms. The minimum Gasteiger partial charge on any atom is -0.481 e. The second-order valence-corrected chi connectivity index (χ2v) is 10.7. The maximum absolute atomic E-state index is 12.4. The average molecular weight is 452 g/mol. The topological polar surface area (TPSA) is 66.8 Å². The summed E-state index contributed by atoms with van der Waals surface area (Å²) in [5.41, 5.74) is -1.20. The molecule has 186 valence electrons. The van der Waals surface area contributed by atoms with E-state index in [0.29, 0.717) is 12.8 Å². The number of carboxylic acids is 1. The van der Waals surface area contributed by atoms with Crippen molar-refractivity contribution in [3.63, 3.8) is 0 Å². The van der Waals surface area contributed by atoms with Crippen LogP contribution < -0.4 is 0 Å². The fourth-order valence-electron chi connectivity index (χ4n) is 4.87. The summed E-state index contributed by atoms with van der Waals surface area (Å²) in [5, 5.41) is 11.1. The molecule has 1 rings (SSSR count). The monoisotopic (exact) mass is 451 g/mol. The molecule has 1 aliphatic heterocycles. The van der Waals surface area contributed by atoms with E-state index in [1.165, 1.54) is 57.8 Å². The summed E-state index contributed by atoms with van der Waals surface area (Å²) >= 11 is 0. The summed E-state index contributed by atoms with van der Waals surface area (Å²) in [5.74, 6) is -1.64. The molecule has 5 heteroatoms. The van der Waals surface area contributed by atoms with Gasteiger partial charge >= 0.3 is 11.9 Å². The van der Waals surface area contributed by atoms with Crippen LogP contribution in [0.2, 0.25) is 0 Å². The summed E-state index contributed by atoms with van der Waals surface area (Å²) < 4.78 is 0. The van der Waals surface area contributed by atoms with Crippen LogP contribution in [0.4, 0.5) is 0 Å². The summed E-state index contributed by atoms with van der Waals surface area (Å²) in [6, 6.07) is 0. The normalized spacial score (nSPS) is 20.1. The maximum atomic E-state index is 12.4. The molecule has 1 aliphatic rings. The van der Waals surface area contributed by atoms with E-state index < -0.39 is 23.0 Å². The number of nitrogens with zero attached hydrogens (tertiary/aromatic N) is 1. The summed E-state index contributed by atoms with van der Waals surface area (Å²) in [6.45, 7) is 9.82. The SMILES string of the molecule is CCCCCCCC/C=C\CCCCCCCC(=O)ON1C(C)(C)CC(C(=O)O)C1(C)C. The average Bonchev–Trinajstić information content (AvgIpc) is 2.90. The van der Waals surface area contributed by atoms with Crippen molar-refractivity contribution in [2.24, 2.45) is 5.92 Å². The molecule has 0 aromatic heterocycles. The van der Waals surface area contributed by atoms with Gasteiger partial charge in [-0.2, -0.15) is 0 Å². The number of aliphatic carboxylic acids is 1. The highest BCUT2D eigenvalue weighted by Gasteiger charge is 2.56. The van der Waals surface area contributed by atoms with Crippen LogP contribution >= 0.6 is 0 Å². The summed E-state index contributed by atoms with van der Waals surface area (Å²) in [4.78, 5) is 29.6. The zero-order valence-corrected chi connectivity index (χ0v) is 21.5. The third kappa shape index (κ3) is 10.1. The Morgan fingerprint density at radius 1 is 0.875 bits per heavy atom. The van der Waals surface area contributed by atoms with Gasteiger partial charge in [-0.05, 0) is 66.2 Å². The molecule has 1 heterocycles. The second kappa shape index (κ2) is 14.7. The number of rotatable bonds is 17. The van der Waals surface area contributed by atoms with Crippen molar-refractivity contribution in [3.05, 3.63) is 12.2 Å². The van der Waals surface area contributed by atoms with Crippen LogP contribution in [0, 0.1) is 5.92 Å². The largest absolute Gasteiger partial charge is 0.481 e. The molecule has 0 saturated carbocycles. The van der Waals surface area contributed by atoms with E-state index in [1.54, 1.807) is 5.06 Å². The molecule has 0 radical (unpaired) electrons. The molecule has 1 unspecified atom stereocenters. The van der Waals surface area contributed by atoms with Crippen molar-refractivity contribution in [1.82, 2.24) is 5.06 Å². The molecule has 0 bridgehead atoms. The van der Waals surface area contributed by atoms with Gasteiger partial charge in [-0.15, -0.1) is 5.06 Å². The van der Waals surface area contributed by atoms with Gasteiger partial charge in [0.1, 0.15) is 0 Å². The lowest BCUT2D eigenvalue weighted by atomic mass is 9.87. The first kappa shape index (κ1) is 28.7. The molecular formula is C27H49NO4. The van der Waals surface area contributed by atoms with E-state index >= 15 is 0 Å². The van der Waals surface area contributed by atoms with Gasteiger partial charge in [-0.25, -0.2) is 0 Å². The molecule has 0 aliphatic carbocycles. The van der Waals surface area contributed by atoms with Crippen molar-refractivity contribution in [3.8, 4) is 0 Å². The Morgan fingerprint density at radius 2 is 1.38 bits per heavy atom. The molecule has 5 nitrogen and oxygen atoms in total. The highest BCUT2D eigenvalue weighted by molar-refractivity contribution is 5.73. The lowest BCUT2D eigenvalue weighted by Gasteiger charge is -2.38. The van der Waals surface area contributed by atoms with Crippen LogP contribution in [0.1, 0.15) is 131 Å². The minimum absolute atomic E-state index is 0.255. The Labute approximate surface area is 196 Å². The van der Waals surface area contributed by atoms with Gasteiger partial charge in [0.2, 0.25) is 0 Å². The number of carbonyl (C=O) groups is 2. The van der Waals surface area contributed by atoms with Crippen molar-refractivity contribution in [2.45, 2.75) is 142 Å². The predicted molar refractivity (Wildman–Crippen MR) is 131 cm³/mol. The Kier molecular flexibility index (Phi) is 13.2. The third-order valence-electron chi connectivity index (χ3n) is 6.76. The van der Waals surface area contributed by atoms with Crippen LogP contribution in [0.25, 0.3) is 0 Å². The number of allylic oxidation sites excluding steroid dienone is 2. The van der Waals surface area contributed by atoms with Gasteiger partial charge in [-0.3, -0.25) is 9.59 Å². The van der Waals surface area contributed by atoms with E-state index in [9.17, 15) is 14.7 Å². The molecule has 0 aromatic rings. The molecule has 1 fully saturated rings.